The van der Waals surface area contributed by atoms with E-state index in [9.17, 15) is 4.79 Å². The van der Waals surface area contributed by atoms with Crippen LogP contribution in [0.25, 0.3) is 0 Å². The number of piperazine rings is 1. The second-order valence-electron chi connectivity index (χ2n) is 8.10. The summed E-state index contributed by atoms with van der Waals surface area (Å²) < 4.78 is 11.1. The maximum absolute atomic E-state index is 12.4. The zero-order valence-electron chi connectivity index (χ0n) is 17.9. The summed E-state index contributed by atoms with van der Waals surface area (Å²) in [5, 5.41) is 0.370. The van der Waals surface area contributed by atoms with Crippen molar-refractivity contribution in [1.29, 1.82) is 0 Å². The summed E-state index contributed by atoms with van der Waals surface area (Å²) in [6.07, 6.45) is 4.18. The third-order valence-electron chi connectivity index (χ3n) is 5.68. The van der Waals surface area contributed by atoms with Crippen molar-refractivity contribution in [3.63, 3.8) is 0 Å². The van der Waals surface area contributed by atoms with Gasteiger partial charge in [0.15, 0.2) is 11.6 Å². The standard InChI is InChI=1S/C22H28ClN5O3/c1-14-13-27(8-9-28(14)20(29)6-10-30-2)22-17(24)12-18(21(26-22)15-3-4-15)31-16-5-7-25-19(23)11-16/h5,7,11-12,14-15H,3-4,6,8-10,13,24H2,1-2H3/t14-/m1/s1. The maximum Gasteiger partial charge on any atom is 0.225 e. The SMILES string of the molecule is COCCC(=O)N1CCN(c2nc(C3CC3)c(Oc3ccnc(Cl)c3)cc2N)C[C@H]1C. The number of hydrogen-bond donors (Lipinski definition) is 1. The molecule has 2 aromatic heterocycles. The van der Waals surface area contributed by atoms with Crippen LogP contribution in [0.15, 0.2) is 24.4 Å². The average molecular weight is 446 g/mol. The second-order valence-corrected chi connectivity index (χ2v) is 8.49. The van der Waals surface area contributed by atoms with Crippen molar-refractivity contribution >= 4 is 29.0 Å². The molecular formula is C22H28ClN5O3. The Labute approximate surface area is 187 Å². The molecule has 1 saturated heterocycles. The minimum atomic E-state index is 0.0681. The number of carbonyl (C=O) groups excluding carboxylic acids is 1. The molecule has 0 bridgehead atoms. The topological polar surface area (TPSA) is 93.8 Å². The number of methoxy groups -OCH3 is 1. The number of aromatic nitrogens is 2. The van der Waals surface area contributed by atoms with Crippen molar-refractivity contribution in [1.82, 2.24) is 14.9 Å². The molecule has 1 saturated carbocycles. The van der Waals surface area contributed by atoms with Crippen LogP contribution in [0, 0.1) is 0 Å². The van der Waals surface area contributed by atoms with Crippen LogP contribution in [-0.2, 0) is 9.53 Å². The van der Waals surface area contributed by atoms with Gasteiger partial charge in [-0.05, 0) is 25.8 Å². The van der Waals surface area contributed by atoms with Crippen LogP contribution >= 0.6 is 11.6 Å². The van der Waals surface area contributed by atoms with Crippen molar-refractivity contribution in [2.24, 2.45) is 0 Å². The van der Waals surface area contributed by atoms with Crippen molar-refractivity contribution in [2.75, 3.05) is 44.0 Å². The predicted octanol–water partition coefficient (Wildman–Crippen LogP) is 3.46. The number of halogens is 1. The van der Waals surface area contributed by atoms with E-state index in [1.165, 1.54) is 0 Å². The van der Waals surface area contributed by atoms with Crippen molar-refractivity contribution in [3.8, 4) is 11.5 Å². The molecule has 0 unspecified atom stereocenters. The monoisotopic (exact) mass is 445 g/mol. The number of ether oxygens (including phenoxy) is 2. The molecule has 4 rings (SSSR count). The van der Waals surface area contributed by atoms with Crippen LogP contribution in [0.5, 0.6) is 11.5 Å². The summed E-state index contributed by atoms with van der Waals surface area (Å²) in [6.45, 7) is 4.50. The Bertz CT molecular complexity index is 953. The first-order chi connectivity index (χ1) is 15.0. The third kappa shape index (κ3) is 5.02. The fraction of sp³-hybridized carbons (Fsp3) is 0.500. The number of anilines is 2. The lowest BCUT2D eigenvalue weighted by Gasteiger charge is -2.41. The van der Waals surface area contributed by atoms with Gasteiger partial charge in [0.1, 0.15) is 10.9 Å². The number of nitrogens with two attached hydrogens (primary N) is 1. The quantitative estimate of drug-likeness (QED) is 0.652. The smallest absolute Gasteiger partial charge is 0.225 e. The summed E-state index contributed by atoms with van der Waals surface area (Å²) in [4.78, 5) is 25.4. The fourth-order valence-corrected chi connectivity index (χ4v) is 4.09. The molecule has 1 amide bonds. The highest BCUT2D eigenvalue weighted by Gasteiger charge is 2.33. The molecule has 2 aromatic rings. The van der Waals surface area contributed by atoms with Crippen LogP contribution in [0.1, 0.15) is 37.8 Å². The maximum atomic E-state index is 12.4. The number of carbonyl (C=O) groups is 1. The summed E-state index contributed by atoms with van der Waals surface area (Å²) in [5.41, 5.74) is 7.89. The number of nitrogens with zero attached hydrogens (tertiary/aromatic N) is 4. The van der Waals surface area contributed by atoms with Crippen LogP contribution in [-0.4, -0.2) is 60.2 Å². The number of pyridine rings is 2. The zero-order valence-corrected chi connectivity index (χ0v) is 18.6. The van der Waals surface area contributed by atoms with Crippen LogP contribution in [0.3, 0.4) is 0 Å². The summed E-state index contributed by atoms with van der Waals surface area (Å²) >= 11 is 5.99. The van der Waals surface area contributed by atoms with Gasteiger partial charge in [0.2, 0.25) is 5.91 Å². The van der Waals surface area contributed by atoms with E-state index in [1.807, 2.05) is 11.0 Å². The van der Waals surface area contributed by atoms with Gasteiger partial charge in [0.25, 0.3) is 0 Å². The molecule has 1 aliphatic carbocycles. The molecule has 2 fully saturated rings. The Balaban J connectivity index is 1.53. The average Bonchev–Trinajstić information content (AvgIpc) is 3.57. The van der Waals surface area contributed by atoms with Gasteiger partial charge in [-0.25, -0.2) is 9.97 Å². The van der Waals surface area contributed by atoms with Crippen molar-refractivity contribution in [2.45, 2.75) is 38.1 Å². The molecule has 0 aromatic carbocycles. The van der Waals surface area contributed by atoms with Gasteiger partial charge >= 0.3 is 0 Å². The van der Waals surface area contributed by atoms with Gasteiger partial charge in [-0.1, -0.05) is 11.6 Å². The number of rotatable bonds is 7. The predicted molar refractivity (Wildman–Crippen MR) is 120 cm³/mol. The van der Waals surface area contributed by atoms with Crippen molar-refractivity contribution < 1.29 is 14.3 Å². The minimum Gasteiger partial charge on any atom is -0.455 e. The van der Waals surface area contributed by atoms with E-state index in [2.05, 4.69) is 16.8 Å². The van der Waals surface area contributed by atoms with Gasteiger partial charge in [-0.2, -0.15) is 0 Å². The molecular weight excluding hydrogens is 418 g/mol. The summed E-state index contributed by atoms with van der Waals surface area (Å²) in [6, 6.07) is 5.35. The molecule has 3 heterocycles. The Morgan fingerprint density at radius 1 is 1.32 bits per heavy atom. The van der Waals surface area contributed by atoms with Gasteiger partial charge in [-0.3, -0.25) is 4.79 Å². The van der Waals surface area contributed by atoms with E-state index in [1.54, 1.807) is 25.4 Å². The lowest BCUT2D eigenvalue weighted by Crippen LogP contribution is -2.54. The van der Waals surface area contributed by atoms with Gasteiger partial charge < -0.3 is 25.0 Å². The highest BCUT2D eigenvalue weighted by atomic mass is 35.5. The van der Waals surface area contributed by atoms with E-state index in [4.69, 9.17) is 31.8 Å². The number of hydrogen-bond acceptors (Lipinski definition) is 7. The van der Waals surface area contributed by atoms with E-state index in [-0.39, 0.29) is 11.9 Å². The Morgan fingerprint density at radius 3 is 2.81 bits per heavy atom. The Morgan fingerprint density at radius 2 is 2.13 bits per heavy atom. The van der Waals surface area contributed by atoms with Crippen LogP contribution < -0.4 is 15.4 Å². The molecule has 1 aliphatic heterocycles. The Kier molecular flexibility index (Phi) is 6.48. The van der Waals surface area contributed by atoms with Gasteiger partial charge in [-0.15, -0.1) is 0 Å². The highest BCUT2D eigenvalue weighted by molar-refractivity contribution is 6.29. The van der Waals surface area contributed by atoms with Crippen LogP contribution in [0.4, 0.5) is 11.5 Å². The lowest BCUT2D eigenvalue weighted by molar-refractivity contribution is -0.134. The highest BCUT2D eigenvalue weighted by Crippen LogP contribution is 2.46. The molecule has 166 valence electrons. The molecule has 2 aliphatic rings. The van der Waals surface area contributed by atoms with Gasteiger partial charge in [0.05, 0.1) is 24.4 Å². The first kappa shape index (κ1) is 21.6. The molecule has 8 nitrogen and oxygen atoms in total. The van der Waals surface area contributed by atoms with E-state index >= 15 is 0 Å². The van der Waals surface area contributed by atoms with Crippen molar-refractivity contribution in [3.05, 3.63) is 35.2 Å². The first-order valence-corrected chi connectivity index (χ1v) is 11.0. The molecule has 31 heavy (non-hydrogen) atoms. The third-order valence-corrected chi connectivity index (χ3v) is 5.89. The normalized spacial score (nSPS) is 18.9. The van der Waals surface area contributed by atoms with E-state index in [0.29, 0.717) is 60.9 Å². The number of nitrogen functional groups attached to an aromatic ring is 1. The first-order valence-electron chi connectivity index (χ1n) is 10.6. The lowest BCUT2D eigenvalue weighted by atomic mass is 10.1. The molecule has 0 radical (unpaired) electrons. The zero-order chi connectivity index (χ0) is 22.0. The molecule has 9 heteroatoms. The minimum absolute atomic E-state index is 0.0681. The molecule has 2 N–H and O–H groups in total. The summed E-state index contributed by atoms with van der Waals surface area (Å²) in [7, 11) is 1.61. The number of amides is 1. The second kappa shape index (κ2) is 9.28. The van der Waals surface area contributed by atoms with E-state index < -0.39 is 0 Å². The molecule has 0 spiro atoms. The van der Waals surface area contributed by atoms with Crippen LogP contribution in [0.2, 0.25) is 5.15 Å². The summed E-state index contributed by atoms with van der Waals surface area (Å²) in [5.74, 6) is 2.52. The van der Waals surface area contributed by atoms with Gasteiger partial charge in [0, 0.05) is 57.0 Å². The van der Waals surface area contributed by atoms with E-state index in [0.717, 1.165) is 24.4 Å². The fourth-order valence-electron chi connectivity index (χ4n) is 3.93. The Hall–Kier alpha value is -2.58. The molecule has 1 atom stereocenters. The largest absolute Gasteiger partial charge is 0.455 e.